The van der Waals surface area contributed by atoms with E-state index >= 15 is 0 Å². The van der Waals surface area contributed by atoms with Crippen molar-refractivity contribution in [3.63, 3.8) is 0 Å². The van der Waals surface area contributed by atoms with Gasteiger partial charge < -0.3 is 14.2 Å². The van der Waals surface area contributed by atoms with E-state index in [-0.39, 0.29) is 30.2 Å². The summed E-state index contributed by atoms with van der Waals surface area (Å²) in [6, 6.07) is 7.23. The lowest BCUT2D eigenvalue weighted by Crippen LogP contribution is -2.08. The molecule has 2 heterocycles. The monoisotopic (exact) mass is 535 g/mol. The minimum atomic E-state index is -4.45. The molecule has 0 N–H and O–H groups in total. The number of alkyl halides is 3. The third kappa shape index (κ3) is 7.44. The van der Waals surface area contributed by atoms with Crippen LogP contribution >= 0.6 is 34.8 Å². The zero-order chi connectivity index (χ0) is 24.7. The van der Waals surface area contributed by atoms with Gasteiger partial charge in [0.2, 0.25) is 5.88 Å². The van der Waals surface area contributed by atoms with E-state index in [1.165, 1.54) is 12.1 Å². The molecule has 3 aromatic rings. The smallest absolute Gasteiger partial charge is 0.417 e. The van der Waals surface area contributed by atoms with E-state index < -0.39 is 11.7 Å². The molecule has 0 fully saturated rings. The van der Waals surface area contributed by atoms with Crippen LogP contribution in [0.1, 0.15) is 12.0 Å². The standard InChI is InChI=1S/C22H19Cl3F3N3O3/c1-31-7-5-18(30-31)16-11-15(32-10-6-19(24)25)12-17(23)21(16)34-9-2-8-33-20-4-3-14(13-29-20)22(26,27)28/h3-7,11-13H,2,8-10H2,1H3. The number of hydrogen-bond donors (Lipinski definition) is 0. The number of pyridine rings is 1. The van der Waals surface area contributed by atoms with E-state index in [0.29, 0.717) is 34.2 Å². The summed E-state index contributed by atoms with van der Waals surface area (Å²) in [5.41, 5.74) is 0.407. The summed E-state index contributed by atoms with van der Waals surface area (Å²) in [6.07, 6.45) is -0.0174. The van der Waals surface area contributed by atoms with Crippen molar-refractivity contribution in [2.75, 3.05) is 19.8 Å². The van der Waals surface area contributed by atoms with E-state index in [4.69, 9.17) is 49.0 Å². The van der Waals surface area contributed by atoms with Crippen molar-refractivity contribution in [3.05, 3.63) is 63.9 Å². The van der Waals surface area contributed by atoms with Crippen molar-refractivity contribution in [2.45, 2.75) is 12.6 Å². The van der Waals surface area contributed by atoms with Gasteiger partial charge in [-0.1, -0.05) is 34.8 Å². The average Bonchev–Trinajstić information content (AvgIpc) is 3.20. The molecule has 3 rings (SSSR count). The lowest BCUT2D eigenvalue weighted by Gasteiger charge is -2.15. The first-order chi connectivity index (χ1) is 16.1. The molecule has 0 atom stereocenters. The molecule has 0 spiro atoms. The maximum atomic E-state index is 12.6. The summed E-state index contributed by atoms with van der Waals surface area (Å²) in [5.74, 6) is 0.972. The Labute approximate surface area is 208 Å². The SMILES string of the molecule is Cn1ccc(-c2cc(OCC=C(Cl)Cl)cc(Cl)c2OCCCOc2ccc(C(F)(F)F)cn2)n1. The summed E-state index contributed by atoms with van der Waals surface area (Å²) in [4.78, 5) is 3.67. The van der Waals surface area contributed by atoms with Crippen LogP contribution in [0.25, 0.3) is 11.3 Å². The molecule has 6 nitrogen and oxygen atoms in total. The Bertz CT molecular complexity index is 1130. The van der Waals surface area contributed by atoms with Crippen LogP contribution in [-0.4, -0.2) is 34.6 Å². The molecule has 0 amide bonds. The fourth-order valence-corrected chi connectivity index (χ4v) is 3.18. The molecule has 0 aliphatic carbocycles. The summed E-state index contributed by atoms with van der Waals surface area (Å²) in [5, 5.41) is 4.71. The molecule has 0 radical (unpaired) electrons. The number of aromatic nitrogens is 3. The molecule has 0 saturated heterocycles. The fourth-order valence-electron chi connectivity index (χ4n) is 2.79. The van der Waals surface area contributed by atoms with Crippen molar-refractivity contribution in [2.24, 2.45) is 7.05 Å². The second-order valence-corrected chi connectivity index (χ2v) is 8.31. The van der Waals surface area contributed by atoms with Crippen molar-refractivity contribution >= 4 is 34.8 Å². The van der Waals surface area contributed by atoms with Crippen LogP contribution in [0.15, 0.2) is 53.3 Å². The molecule has 182 valence electrons. The molecule has 0 aliphatic rings. The Morgan fingerprint density at radius 2 is 1.85 bits per heavy atom. The van der Waals surface area contributed by atoms with Gasteiger partial charge in [0.15, 0.2) is 0 Å². The van der Waals surface area contributed by atoms with Crippen LogP contribution in [0.3, 0.4) is 0 Å². The first kappa shape index (κ1) is 26.0. The van der Waals surface area contributed by atoms with Gasteiger partial charge in [-0.25, -0.2) is 4.98 Å². The third-order valence-corrected chi connectivity index (χ3v) is 4.93. The lowest BCUT2D eigenvalue weighted by atomic mass is 10.1. The molecular formula is C22H19Cl3F3N3O3. The summed E-state index contributed by atoms with van der Waals surface area (Å²) >= 11 is 17.7. The second-order valence-electron chi connectivity index (χ2n) is 6.89. The van der Waals surface area contributed by atoms with Crippen LogP contribution in [0.4, 0.5) is 13.2 Å². The summed E-state index contributed by atoms with van der Waals surface area (Å²) in [6.45, 7) is 0.558. The van der Waals surface area contributed by atoms with Gasteiger partial charge in [-0.3, -0.25) is 4.68 Å². The number of halogens is 6. The molecule has 0 saturated carbocycles. The highest BCUT2D eigenvalue weighted by Gasteiger charge is 2.30. The third-order valence-electron chi connectivity index (χ3n) is 4.34. The minimum absolute atomic E-state index is 0.0877. The summed E-state index contributed by atoms with van der Waals surface area (Å²) < 4.78 is 56.4. The number of nitrogens with zero attached hydrogens (tertiary/aromatic N) is 3. The number of ether oxygens (including phenoxy) is 3. The van der Waals surface area contributed by atoms with Crippen LogP contribution in [0.2, 0.25) is 5.02 Å². The molecule has 12 heteroatoms. The predicted octanol–water partition coefficient (Wildman–Crippen LogP) is 6.70. The predicted molar refractivity (Wildman–Crippen MR) is 124 cm³/mol. The lowest BCUT2D eigenvalue weighted by molar-refractivity contribution is -0.137. The van der Waals surface area contributed by atoms with Gasteiger partial charge in [0.05, 0.1) is 29.5 Å². The number of rotatable bonds is 10. The van der Waals surface area contributed by atoms with Crippen LogP contribution in [0, 0.1) is 0 Å². The van der Waals surface area contributed by atoms with E-state index in [1.807, 2.05) is 0 Å². The van der Waals surface area contributed by atoms with E-state index in [0.717, 1.165) is 12.3 Å². The average molecular weight is 537 g/mol. The molecule has 0 aliphatic heterocycles. The zero-order valence-electron chi connectivity index (χ0n) is 17.8. The Morgan fingerprint density at radius 1 is 1.09 bits per heavy atom. The normalized spacial score (nSPS) is 11.3. The van der Waals surface area contributed by atoms with Crippen LogP contribution in [-0.2, 0) is 13.2 Å². The van der Waals surface area contributed by atoms with E-state index in [1.54, 1.807) is 36.1 Å². The van der Waals surface area contributed by atoms with Crippen molar-refractivity contribution in [3.8, 4) is 28.6 Å². The molecule has 0 unspecified atom stereocenters. The van der Waals surface area contributed by atoms with Gasteiger partial charge in [-0.05, 0) is 24.3 Å². The molecule has 2 aromatic heterocycles. The van der Waals surface area contributed by atoms with Gasteiger partial charge in [0.1, 0.15) is 22.6 Å². The van der Waals surface area contributed by atoms with Gasteiger partial charge in [0.25, 0.3) is 0 Å². The molecule has 0 bridgehead atoms. The summed E-state index contributed by atoms with van der Waals surface area (Å²) in [7, 11) is 1.78. The van der Waals surface area contributed by atoms with E-state index in [2.05, 4.69) is 10.1 Å². The number of hydrogen-bond acceptors (Lipinski definition) is 5. The molecule has 1 aromatic carbocycles. The van der Waals surface area contributed by atoms with Crippen molar-refractivity contribution in [1.82, 2.24) is 14.8 Å². The quantitative estimate of drug-likeness (QED) is 0.270. The largest absolute Gasteiger partial charge is 0.491 e. The van der Waals surface area contributed by atoms with Crippen molar-refractivity contribution < 1.29 is 27.4 Å². The van der Waals surface area contributed by atoms with Gasteiger partial charge in [-0.2, -0.15) is 18.3 Å². The first-order valence-electron chi connectivity index (χ1n) is 9.90. The maximum Gasteiger partial charge on any atom is 0.417 e. The van der Waals surface area contributed by atoms with Gasteiger partial charge in [-0.15, -0.1) is 0 Å². The highest BCUT2D eigenvalue weighted by molar-refractivity contribution is 6.55. The van der Waals surface area contributed by atoms with E-state index in [9.17, 15) is 13.2 Å². The van der Waals surface area contributed by atoms with Crippen LogP contribution < -0.4 is 14.2 Å². The van der Waals surface area contributed by atoms with Crippen LogP contribution in [0.5, 0.6) is 17.4 Å². The Hall–Kier alpha value is -2.62. The van der Waals surface area contributed by atoms with Crippen molar-refractivity contribution in [1.29, 1.82) is 0 Å². The highest BCUT2D eigenvalue weighted by Crippen LogP contribution is 2.39. The fraction of sp³-hybridized carbons (Fsp3) is 0.273. The highest BCUT2D eigenvalue weighted by atomic mass is 35.5. The number of benzene rings is 1. The Balaban J connectivity index is 1.63. The Morgan fingerprint density at radius 3 is 2.47 bits per heavy atom. The molecule has 34 heavy (non-hydrogen) atoms. The topological polar surface area (TPSA) is 58.4 Å². The molecular weight excluding hydrogens is 518 g/mol. The maximum absolute atomic E-state index is 12.6. The van der Waals surface area contributed by atoms with Gasteiger partial charge >= 0.3 is 6.18 Å². The minimum Gasteiger partial charge on any atom is -0.491 e. The zero-order valence-corrected chi connectivity index (χ0v) is 20.0. The van der Waals surface area contributed by atoms with Gasteiger partial charge in [0, 0.05) is 43.6 Å². The Kier molecular flexibility index (Phi) is 8.93. The number of aryl methyl sites for hydroxylation is 1. The first-order valence-corrected chi connectivity index (χ1v) is 11.0. The second kappa shape index (κ2) is 11.7.